The highest BCUT2D eigenvalue weighted by Gasteiger charge is 2.33. The maximum absolute atomic E-state index is 9.57. The Morgan fingerprint density at radius 1 is 1.29 bits per heavy atom. The number of aromatic hydroxyl groups is 1. The van der Waals surface area contributed by atoms with Gasteiger partial charge in [0, 0.05) is 5.54 Å². The molecule has 0 aromatic heterocycles. The summed E-state index contributed by atoms with van der Waals surface area (Å²) in [4.78, 5) is 0. The predicted octanol–water partition coefficient (Wildman–Crippen LogP) is 2.88. The summed E-state index contributed by atoms with van der Waals surface area (Å²) in [6, 6.07) is 5.52. The van der Waals surface area contributed by atoms with Crippen LogP contribution in [0.1, 0.15) is 31.2 Å². The standard InChI is InChI=1S/C11H14BrNO/c12-10-8(4-3-5-9(10)14)11(13)6-1-2-7-11/h3-5,14H,1-2,6-7,13H2. The largest absolute Gasteiger partial charge is 0.507 e. The molecule has 1 aliphatic carbocycles. The zero-order chi connectivity index (χ0) is 10.2. The minimum absolute atomic E-state index is 0.239. The zero-order valence-corrected chi connectivity index (χ0v) is 9.55. The molecule has 76 valence electrons. The molecule has 2 nitrogen and oxygen atoms in total. The van der Waals surface area contributed by atoms with E-state index in [0.717, 1.165) is 22.9 Å². The summed E-state index contributed by atoms with van der Waals surface area (Å²) in [5, 5.41) is 9.57. The van der Waals surface area contributed by atoms with Crippen molar-refractivity contribution in [3.8, 4) is 5.75 Å². The lowest BCUT2D eigenvalue weighted by atomic mass is 9.89. The molecule has 0 aliphatic heterocycles. The first kappa shape index (κ1) is 9.99. The Morgan fingerprint density at radius 2 is 1.93 bits per heavy atom. The third-order valence-electron chi connectivity index (χ3n) is 3.01. The smallest absolute Gasteiger partial charge is 0.130 e. The minimum atomic E-state index is -0.239. The third-order valence-corrected chi connectivity index (χ3v) is 3.84. The zero-order valence-electron chi connectivity index (χ0n) is 7.96. The van der Waals surface area contributed by atoms with Crippen molar-refractivity contribution in [1.82, 2.24) is 0 Å². The topological polar surface area (TPSA) is 46.2 Å². The molecule has 1 aliphatic rings. The molecule has 0 heterocycles. The predicted molar refractivity (Wildman–Crippen MR) is 60.1 cm³/mol. The normalized spacial score (nSPS) is 19.9. The molecule has 3 heteroatoms. The van der Waals surface area contributed by atoms with Crippen LogP contribution in [0.25, 0.3) is 0 Å². The average Bonchev–Trinajstić information content (AvgIpc) is 2.58. The molecule has 0 spiro atoms. The van der Waals surface area contributed by atoms with Crippen molar-refractivity contribution >= 4 is 15.9 Å². The van der Waals surface area contributed by atoms with Crippen molar-refractivity contribution in [2.24, 2.45) is 5.73 Å². The van der Waals surface area contributed by atoms with Gasteiger partial charge in [-0.3, -0.25) is 0 Å². The van der Waals surface area contributed by atoms with Gasteiger partial charge in [-0.2, -0.15) is 0 Å². The van der Waals surface area contributed by atoms with Gasteiger partial charge >= 0.3 is 0 Å². The van der Waals surface area contributed by atoms with E-state index in [2.05, 4.69) is 15.9 Å². The number of phenols is 1. The highest BCUT2D eigenvalue weighted by Crippen LogP contribution is 2.41. The maximum Gasteiger partial charge on any atom is 0.130 e. The Labute approximate surface area is 92.3 Å². The van der Waals surface area contributed by atoms with Crippen molar-refractivity contribution < 1.29 is 5.11 Å². The Morgan fingerprint density at radius 3 is 2.57 bits per heavy atom. The van der Waals surface area contributed by atoms with E-state index in [9.17, 15) is 5.11 Å². The molecule has 0 saturated heterocycles. The molecule has 1 aromatic carbocycles. The van der Waals surface area contributed by atoms with Crippen LogP contribution in [0, 0.1) is 0 Å². The number of halogens is 1. The lowest BCUT2D eigenvalue weighted by molar-refractivity contribution is 0.442. The molecular formula is C11H14BrNO. The second-order valence-electron chi connectivity index (χ2n) is 4.00. The number of hydrogen-bond donors (Lipinski definition) is 2. The van der Waals surface area contributed by atoms with Crippen molar-refractivity contribution in [2.75, 3.05) is 0 Å². The van der Waals surface area contributed by atoms with Crippen LogP contribution in [0.5, 0.6) is 5.75 Å². The average molecular weight is 256 g/mol. The van der Waals surface area contributed by atoms with Gasteiger partial charge in [-0.05, 0) is 40.4 Å². The van der Waals surface area contributed by atoms with Gasteiger partial charge in [0.2, 0.25) is 0 Å². The number of rotatable bonds is 1. The molecule has 0 unspecified atom stereocenters. The van der Waals surface area contributed by atoms with Gasteiger partial charge in [-0.25, -0.2) is 0 Å². The Balaban J connectivity index is 2.45. The van der Waals surface area contributed by atoms with E-state index in [4.69, 9.17) is 5.73 Å². The molecule has 0 amide bonds. The maximum atomic E-state index is 9.57. The van der Waals surface area contributed by atoms with Gasteiger partial charge in [0.05, 0.1) is 4.47 Å². The number of benzene rings is 1. The molecule has 1 fully saturated rings. The fourth-order valence-electron chi connectivity index (χ4n) is 2.18. The lowest BCUT2D eigenvalue weighted by Gasteiger charge is -2.25. The second-order valence-corrected chi connectivity index (χ2v) is 4.79. The van der Waals surface area contributed by atoms with Crippen LogP contribution in [0.4, 0.5) is 0 Å². The SMILES string of the molecule is NC1(c2cccc(O)c2Br)CCCC1. The summed E-state index contributed by atoms with van der Waals surface area (Å²) in [7, 11) is 0. The Kier molecular flexibility index (Phi) is 2.54. The number of nitrogens with two attached hydrogens (primary N) is 1. The molecule has 1 aromatic rings. The van der Waals surface area contributed by atoms with E-state index in [0.29, 0.717) is 0 Å². The summed E-state index contributed by atoms with van der Waals surface area (Å²) >= 11 is 3.40. The molecule has 0 atom stereocenters. The monoisotopic (exact) mass is 255 g/mol. The summed E-state index contributed by atoms with van der Waals surface area (Å²) in [5.74, 6) is 0.277. The van der Waals surface area contributed by atoms with Gasteiger partial charge in [-0.1, -0.05) is 25.0 Å². The molecule has 2 rings (SSSR count). The summed E-state index contributed by atoms with van der Waals surface area (Å²) in [6.07, 6.45) is 4.38. The van der Waals surface area contributed by atoms with Crippen LogP contribution in [0.3, 0.4) is 0 Å². The van der Waals surface area contributed by atoms with Crippen LogP contribution >= 0.6 is 15.9 Å². The fraction of sp³-hybridized carbons (Fsp3) is 0.455. The van der Waals surface area contributed by atoms with Gasteiger partial charge in [0.25, 0.3) is 0 Å². The Hall–Kier alpha value is -0.540. The van der Waals surface area contributed by atoms with Gasteiger partial charge < -0.3 is 10.8 Å². The van der Waals surface area contributed by atoms with E-state index < -0.39 is 0 Å². The molecule has 1 saturated carbocycles. The molecule has 0 bridgehead atoms. The van der Waals surface area contributed by atoms with Crippen molar-refractivity contribution in [3.63, 3.8) is 0 Å². The second kappa shape index (κ2) is 3.55. The van der Waals surface area contributed by atoms with Crippen molar-refractivity contribution in [1.29, 1.82) is 0 Å². The highest BCUT2D eigenvalue weighted by molar-refractivity contribution is 9.10. The van der Waals surface area contributed by atoms with Crippen LogP contribution in [0.2, 0.25) is 0 Å². The summed E-state index contributed by atoms with van der Waals surface area (Å²) in [6.45, 7) is 0. The number of phenolic OH excluding ortho intramolecular Hbond substituents is 1. The summed E-state index contributed by atoms with van der Waals surface area (Å²) in [5.41, 5.74) is 7.11. The minimum Gasteiger partial charge on any atom is -0.507 e. The summed E-state index contributed by atoms with van der Waals surface area (Å²) < 4.78 is 0.754. The first-order valence-electron chi connectivity index (χ1n) is 4.90. The quantitative estimate of drug-likeness (QED) is 0.811. The molecule has 0 radical (unpaired) electrons. The van der Waals surface area contributed by atoms with Gasteiger partial charge in [0.15, 0.2) is 0 Å². The molecular weight excluding hydrogens is 242 g/mol. The van der Waals surface area contributed by atoms with E-state index in [-0.39, 0.29) is 11.3 Å². The molecule has 3 N–H and O–H groups in total. The van der Waals surface area contributed by atoms with Gasteiger partial charge in [-0.15, -0.1) is 0 Å². The van der Waals surface area contributed by atoms with Crippen LogP contribution in [-0.4, -0.2) is 5.11 Å². The van der Waals surface area contributed by atoms with E-state index in [1.54, 1.807) is 6.07 Å². The Bertz CT molecular complexity index is 345. The lowest BCUT2D eigenvalue weighted by Crippen LogP contribution is -2.33. The van der Waals surface area contributed by atoms with E-state index >= 15 is 0 Å². The van der Waals surface area contributed by atoms with E-state index in [1.807, 2.05) is 12.1 Å². The van der Waals surface area contributed by atoms with Crippen molar-refractivity contribution in [3.05, 3.63) is 28.2 Å². The van der Waals surface area contributed by atoms with Crippen LogP contribution in [0.15, 0.2) is 22.7 Å². The third kappa shape index (κ3) is 1.55. The first-order valence-corrected chi connectivity index (χ1v) is 5.70. The van der Waals surface area contributed by atoms with Gasteiger partial charge in [0.1, 0.15) is 5.75 Å². The fourth-order valence-corrected chi connectivity index (χ4v) is 2.84. The van der Waals surface area contributed by atoms with Crippen molar-refractivity contribution in [2.45, 2.75) is 31.2 Å². The van der Waals surface area contributed by atoms with Crippen LogP contribution in [-0.2, 0) is 5.54 Å². The molecule has 14 heavy (non-hydrogen) atoms. The number of hydrogen-bond acceptors (Lipinski definition) is 2. The van der Waals surface area contributed by atoms with E-state index in [1.165, 1.54) is 12.8 Å². The van der Waals surface area contributed by atoms with Crippen LogP contribution < -0.4 is 5.73 Å². The highest BCUT2D eigenvalue weighted by atomic mass is 79.9. The first-order chi connectivity index (χ1) is 6.63.